The first-order chi connectivity index (χ1) is 8.60. The number of hydrogen-bond acceptors (Lipinski definition) is 3. The molecule has 104 valence electrons. The summed E-state index contributed by atoms with van der Waals surface area (Å²) in [6.45, 7) is 4.78. The van der Waals surface area contributed by atoms with Crippen molar-refractivity contribution in [1.82, 2.24) is 0 Å². The van der Waals surface area contributed by atoms with Gasteiger partial charge in [0, 0.05) is 6.07 Å². The molecule has 0 atom stereocenters. The molecule has 0 aliphatic heterocycles. The Labute approximate surface area is 108 Å². The molecule has 0 saturated carbocycles. The Morgan fingerprint density at radius 3 is 2.32 bits per heavy atom. The van der Waals surface area contributed by atoms with Crippen molar-refractivity contribution in [3.8, 4) is 0 Å². The van der Waals surface area contributed by atoms with Crippen LogP contribution in [0.3, 0.4) is 0 Å². The summed E-state index contributed by atoms with van der Waals surface area (Å²) in [4.78, 5) is 22.1. The van der Waals surface area contributed by atoms with Crippen LogP contribution in [0.4, 0.5) is 19.3 Å². The van der Waals surface area contributed by atoms with Crippen LogP contribution in [-0.4, -0.2) is 22.8 Å². The van der Waals surface area contributed by atoms with E-state index in [1.54, 1.807) is 20.8 Å². The zero-order chi connectivity index (χ0) is 14.8. The number of halogens is 2. The van der Waals surface area contributed by atoms with Crippen LogP contribution in [-0.2, 0) is 4.74 Å². The molecule has 0 heterocycles. The minimum Gasteiger partial charge on any atom is -0.478 e. The van der Waals surface area contributed by atoms with Gasteiger partial charge in [-0.15, -0.1) is 0 Å². The molecule has 1 amide bonds. The molecule has 0 unspecified atom stereocenters. The van der Waals surface area contributed by atoms with Crippen LogP contribution in [0.2, 0.25) is 0 Å². The van der Waals surface area contributed by atoms with Crippen LogP contribution in [0, 0.1) is 11.6 Å². The van der Waals surface area contributed by atoms with Crippen molar-refractivity contribution in [2.45, 2.75) is 26.4 Å². The summed E-state index contributed by atoms with van der Waals surface area (Å²) in [5.74, 6) is -3.85. The van der Waals surface area contributed by atoms with Crippen molar-refractivity contribution in [3.05, 3.63) is 29.3 Å². The largest absolute Gasteiger partial charge is 0.478 e. The molecule has 2 N–H and O–H groups in total. The number of nitrogens with one attached hydrogen (secondary N) is 1. The molecular formula is C12H13F2NO4. The molecular weight excluding hydrogens is 260 g/mol. The Hall–Kier alpha value is -2.18. The number of amides is 1. The number of carbonyl (C=O) groups excluding carboxylic acids is 1. The summed E-state index contributed by atoms with van der Waals surface area (Å²) in [7, 11) is 0. The predicted octanol–water partition coefficient (Wildman–Crippen LogP) is 3.01. The molecule has 0 aromatic heterocycles. The van der Waals surface area contributed by atoms with Crippen LogP contribution >= 0.6 is 0 Å². The Bertz CT molecular complexity index is 523. The standard InChI is InChI=1S/C12H13F2NO4/c1-12(2,3)19-11(18)15-8-5-6(13)4-7(9(8)14)10(16)17/h4-5H,1-3H3,(H,15,18)(H,16,17). The predicted molar refractivity (Wildman–Crippen MR) is 63.2 cm³/mol. The normalized spacial score (nSPS) is 11.0. The summed E-state index contributed by atoms with van der Waals surface area (Å²) >= 11 is 0. The van der Waals surface area contributed by atoms with E-state index in [1.807, 2.05) is 5.32 Å². The molecule has 0 aliphatic rings. The highest BCUT2D eigenvalue weighted by Gasteiger charge is 2.21. The Morgan fingerprint density at radius 2 is 1.84 bits per heavy atom. The van der Waals surface area contributed by atoms with Gasteiger partial charge in [-0.05, 0) is 26.8 Å². The first-order valence-electron chi connectivity index (χ1n) is 5.32. The minimum absolute atomic E-state index is 0.526. The lowest BCUT2D eigenvalue weighted by Gasteiger charge is -2.20. The van der Waals surface area contributed by atoms with Crippen molar-refractivity contribution in [1.29, 1.82) is 0 Å². The lowest BCUT2D eigenvalue weighted by Crippen LogP contribution is -2.27. The molecule has 0 aliphatic carbocycles. The molecule has 1 aromatic carbocycles. The molecule has 0 radical (unpaired) electrons. The van der Waals surface area contributed by atoms with Crippen molar-refractivity contribution in [2.24, 2.45) is 0 Å². The highest BCUT2D eigenvalue weighted by molar-refractivity contribution is 5.92. The Balaban J connectivity index is 3.02. The van der Waals surface area contributed by atoms with Gasteiger partial charge in [-0.1, -0.05) is 0 Å². The minimum atomic E-state index is -1.63. The first-order valence-corrected chi connectivity index (χ1v) is 5.32. The van der Waals surface area contributed by atoms with Crippen LogP contribution in [0.1, 0.15) is 31.1 Å². The number of anilines is 1. The van der Waals surface area contributed by atoms with Gasteiger partial charge in [0.1, 0.15) is 17.0 Å². The lowest BCUT2D eigenvalue weighted by atomic mass is 10.1. The summed E-state index contributed by atoms with van der Waals surface area (Å²) in [5.41, 5.74) is -2.28. The maximum atomic E-state index is 13.7. The zero-order valence-electron chi connectivity index (χ0n) is 10.6. The number of ether oxygens (including phenoxy) is 1. The van der Waals surface area contributed by atoms with E-state index < -0.39 is 40.5 Å². The highest BCUT2D eigenvalue weighted by atomic mass is 19.1. The zero-order valence-corrected chi connectivity index (χ0v) is 10.6. The van der Waals surface area contributed by atoms with Gasteiger partial charge in [0.2, 0.25) is 0 Å². The average Bonchev–Trinajstić information content (AvgIpc) is 2.19. The van der Waals surface area contributed by atoms with E-state index in [0.29, 0.717) is 12.1 Å². The quantitative estimate of drug-likeness (QED) is 0.868. The highest BCUT2D eigenvalue weighted by Crippen LogP contribution is 2.21. The van der Waals surface area contributed by atoms with Gasteiger partial charge in [0.15, 0.2) is 5.82 Å². The number of aromatic carboxylic acids is 1. The van der Waals surface area contributed by atoms with Gasteiger partial charge in [0.05, 0.1) is 5.69 Å². The molecule has 7 heteroatoms. The maximum Gasteiger partial charge on any atom is 0.412 e. The molecule has 0 fully saturated rings. The van der Waals surface area contributed by atoms with E-state index in [2.05, 4.69) is 0 Å². The van der Waals surface area contributed by atoms with Gasteiger partial charge in [-0.25, -0.2) is 18.4 Å². The smallest absolute Gasteiger partial charge is 0.412 e. The molecule has 5 nitrogen and oxygen atoms in total. The Morgan fingerprint density at radius 1 is 1.26 bits per heavy atom. The van der Waals surface area contributed by atoms with Gasteiger partial charge < -0.3 is 9.84 Å². The van der Waals surface area contributed by atoms with Crippen LogP contribution < -0.4 is 5.32 Å². The molecule has 1 rings (SSSR count). The molecule has 19 heavy (non-hydrogen) atoms. The summed E-state index contributed by atoms with van der Waals surface area (Å²) in [5, 5.41) is 10.6. The Kier molecular flexibility index (Phi) is 4.08. The molecule has 0 spiro atoms. The average molecular weight is 273 g/mol. The second-order valence-corrected chi connectivity index (χ2v) is 4.75. The van der Waals surface area contributed by atoms with E-state index in [4.69, 9.17) is 9.84 Å². The third kappa shape index (κ3) is 4.20. The van der Waals surface area contributed by atoms with Crippen LogP contribution in [0.5, 0.6) is 0 Å². The topological polar surface area (TPSA) is 75.6 Å². The second kappa shape index (κ2) is 5.21. The summed E-state index contributed by atoms with van der Waals surface area (Å²) in [6.07, 6.45) is -1.01. The van der Waals surface area contributed by atoms with E-state index in [-0.39, 0.29) is 0 Å². The van der Waals surface area contributed by atoms with E-state index in [0.717, 1.165) is 0 Å². The summed E-state index contributed by atoms with van der Waals surface area (Å²) < 4.78 is 31.7. The monoisotopic (exact) mass is 273 g/mol. The van der Waals surface area contributed by atoms with Crippen molar-refractivity contribution in [2.75, 3.05) is 5.32 Å². The van der Waals surface area contributed by atoms with Gasteiger partial charge in [-0.3, -0.25) is 5.32 Å². The van der Waals surface area contributed by atoms with Crippen molar-refractivity contribution < 1.29 is 28.2 Å². The molecule has 1 aromatic rings. The number of hydrogen-bond donors (Lipinski definition) is 2. The van der Waals surface area contributed by atoms with Crippen molar-refractivity contribution >= 4 is 17.7 Å². The molecule has 0 bridgehead atoms. The SMILES string of the molecule is CC(C)(C)OC(=O)Nc1cc(F)cc(C(=O)O)c1F. The lowest BCUT2D eigenvalue weighted by molar-refractivity contribution is 0.0631. The summed E-state index contributed by atoms with van der Waals surface area (Å²) in [6, 6.07) is 1.20. The van der Waals surface area contributed by atoms with Gasteiger partial charge in [0.25, 0.3) is 0 Å². The van der Waals surface area contributed by atoms with Gasteiger partial charge in [-0.2, -0.15) is 0 Å². The maximum absolute atomic E-state index is 13.7. The van der Waals surface area contributed by atoms with E-state index in [1.165, 1.54) is 0 Å². The second-order valence-electron chi connectivity index (χ2n) is 4.75. The van der Waals surface area contributed by atoms with Crippen LogP contribution in [0.25, 0.3) is 0 Å². The number of carboxylic acid groups (broad SMARTS) is 1. The third-order valence-electron chi connectivity index (χ3n) is 1.90. The fourth-order valence-electron chi connectivity index (χ4n) is 1.25. The molecule has 0 saturated heterocycles. The number of rotatable bonds is 2. The number of carboxylic acids is 1. The fraction of sp³-hybridized carbons (Fsp3) is 0.333. The third-order valence-corrected chi connectivity index (χ3v) is 1.90. The van der Waals surface area contributed by atoms with Gasteiger partial charge >= 0.3 is 12.1 Å². The van der Waals surface area contributed by atoms with E-state index in [9.17, 15) is 18.4 Å². The number of benzene rings is 1. The van der Waals surface area contributed by atoms with E-state index >= 15 is 0 Å². The first kappa shape index (κ1) is 14.9. The number of carbonyl (C=O) groups is 2. The van der Waals surface area contributed by atoms with Crippen LogP contribution in [0.15, 0.2) is 12.1 Å². The van der Waals surface area contributed by atoms with Crippen molar-refractivity contribution in [3.63, 3.8) is 0 Å². The fourth-order valence-corrected chi connectivity index (χ4v) is 1.25.